The first kappa shape index (κ1) is 20.2. The van der Waals surface area contributed by atoms with E-state index < -0.39 is 8.07 Å². The van der Waals surface area contributed by atoms with Crippen molar-refractivity contribution in [2.45, 2.75) is 70.4 Å². The topological polar surface area (TPSA) is 33.4 Å². The Morgan fingerprint density at radius 2 is 1.52 bits per heavy atom. The number of furan rings is 1. The molecule has 2 rings (SSSR count). The molecule has 2 aromatic rings. The van der Waals surface area contributed by atoms with Gasteiger partial charge in [-0.2, -0.15) is 0 Å². The van der Waals surface area contributed by atoms with Crippen molar-refractivity contribution in [3.63, 3.8) is 0 Å². The number of aromatic hydroxyl groups is 1. The molecule has 0 aliphatic carbocycles. The van der Waals surface area contributed by atoms with Crippen LogP contribution in [0.2, 0.25) is 13.1 Å². The fraction of sp³-hybridized carbons (Fsp3) is 0.524. The summed E-state index contributed by atoms with van der Waals surface area (Å²) in [5, 5.41) is 13.0. The maximum absolute atomic E-state index is 10.8. The fourth-order valence-corrected chi connectivity index (χ4v) is 6.85. The summed E-state index contributed by atoms with van der Waals surface area (Å²) in [5.74, 6) is 0.451. The maximum Gasteiger partial charge on any atom is 0.136 e. The minimum absolute atomic E-state index is 0.0887. The quantitative estimate of drug-likeness (QED) is 0.538. The van der Waals surface area contributed by atoms with Gasteiger partial charge in [0.1, 0.15) is 13.8 Å². The van der Waals surface area contributed by atoms with E-state index in [1.807, 2.05) is 17.8 Å². The molecule has 0 atom stereocenters. The Morgan fingerprint density at radius 3 is 1.92 bits per heavy atom. The molecule has 0 aliphatic rings. The summed E-state index contributed by atoms with van der Waals surface area (Å²) < 4.78 is 5.67. The first-order valence-corrected chi connectivity index (χ1v) is 13.1. The van der Waals surface area contributed by atoms with E-state index in [9.17, 15) is 5.11 Å². The van der Waals surface area contributed by atoms with Crippen LogP contribution in [0.15, 0.2) is 39.8 Å². The summed E-state index contributed by atoms with van der Waals surface area (Å²) in [6.07, 6.45) is 1.77. The molecule has 0 radical (unpaired) electrons. The van der Waals surface area contributed by atoms with Gasteiger partial charge in [0.25, 0.3) is 0 Å². The SMILES string of the molecule is CC(C)(C)c1cc(SC[Si](C)(C)c2ccco2)cc(C(C)(C)C)c1O. The molecule has 25 heavy (non-hydrogen) atoms. The van der Waals surface area contributed by atoms with Gasteiger partial charge in [0.05, 0.1) is 11.6 Å². The number of thioether (sulfide) groups is 1. The molecule has 138 valence electrons. The zero-order valence-corrected chi connectivity index (χ0v) is 18.7. The van der Waals surface area contributed by atoms with Crippen molar-refractivity contribution in [1.82, 2.24) is 0 Å². The van der Waals surface area contributed by atoms with Gasteiger partial charge in [-0.3, -0.25) is 0 Å². The van der Waals surface area contributed by atoms with E-state index in [1.54, 1.807) is 6.26 Å². The van der Waals surface area contributed by atoms with Crippen LogP contribution in [0.3, 0.4) is 0 Å². The highest BCUT2D eigenvalue weighted by Gasteiger charge is 2.29. The maximum atomic E-state index is 10.8. The lowest BCUT2D eigenvalue weighted by Gasteiger charge is -2.28. The van der Waals surface area contributed by atoms with Crippen LogP contribution in [-0.2, 0) is 10.8 Å². The van der Waals surface area contributed by atoms with Gasteiger partial charge >= 0.3 is 0 Å². The molecule has 1 aromatic carbocycles. The average Bonchev–Trinajstić information content (AvgIpc) is 2.98. The first-order valence-electron chi connectivity index (χ1n) is 8.87. The molecule has 2 nitrogen and oxygen atoms in total. The van der Waals surface area contributed by atoms with E-state index in [4.69, 9.17) is 4.42 Å². The van der Waals surface area contributed by atoms with Crippen LogP contribution in [-0.4, -0.2) is 18.6 Å². The number of phenols is 1. The van der Waals surface area contributed by atoms with Crippen molar-refractivity contribution in [3.05, 3.63) is 41.7 Å². The predicted molar refractivity (Wildman–Crippen MR) is 112 cm³/mol. The van der Waals surface area contributed by atoms with Crippen LogP contribution in [0.4, 0.5) is 0 Å². The first-order chi connectivity index (χ1) is 11.3. The number of benzene rings is 1. The summed E-state index contributed by atoms with van der Waals surface area (Å²) in [6, 6.07) is 8.42. The highest BCUT2D eigenvalue weighted by atomic mass is 32.2. The second-order valence-electron chi connectivity index (χ2n) is 9.52. The van der Waals surface area contributed by atoms with Gasteiger partial charge in [-0.05, 0) is 35.1 Å². The second-order valence-corrected chi connectivity index (χ2v) is 15.7. The lowest BCUT2D eigenvalue weighted by atomic mass is 9.79. The largest absolute Gasteiger partial charge is 0.507 e. The lowest BCUT2D eigenvalue weighted by Crippen LogP contribution is -2.43. The van der Waals surface area contributed by atoms with Crippen molar-refractivity contribution in [3.8, 4) is 5.75 Å². The third-order valence-electron chi connectivity index (χ3n) is 4.49. The number of hydrogen-bond acceptors (Lipinski definition) is 3. The molecule has 0 aliphatic heterocycles. The van der Waals surface area contributed by atoms with Crippen LogP contribution < -0.4 is 5.38 Å². The monoisotopic (exact) mass is 376 g/mol. The van der Waals surface area contributed by atoms with Crippen LogP contribution in [0.1, 0.15) is 52.7 Å². The normalized spacial score (nSPS) is 13.3. The average molecular weight is 377 g/mol. The van der Waals surface area contributed by atoms with Crippen molar-refractivity contribution in [2.24, 2.45) is 0 Å². The summed E-state index contributed by atoms with van der Waals surface area (Å²) >= 11 is 1.89. The summed E-state index contributed by atoms with van der Waals surface area (Å²) in [7, 11) is -1.62. The number of rotatable bonds is 4. The molecule has 0 fully saturated rings. The molecule has 1 N–H and O–H groups in total. The van der Waals surface area contributed by atoms with E-state index in [-0.39, 0.29) is 10.8 Å². The summed E-state index contributed by atoms with van der Waals surface area (Å²) in [5.41, 5.74) is 1.88. The summed E-state index contributed by atoms with van der Waals surface area (Å²) in [4.78, 5) is 1.24. The molecule has 0 unspecified atom stereocenters. The van der Waals surface area contributed by atoms with Crippen molar-refractivity contribution < 1.29 is 9.52 Å². The van der Waals surface area contributed by atoms with Crippen LogP contribution in [0, 0.1) is 0 Å². The lowest BCUT2D eigenvalue weighted by molar-refractivity contribution is 0.422. The zero-order chi connectivity index (χ0) is 19.0. The van der Waals surface area contributed by atoms with Gasteiger partial charge in [-0.15, -0.1) is 11.8 Å². The van der Waals surface area contributed by atoms with E-state index in [1.165, 1.54) is 4.90 Å². The van der Waals surface area contributed by atoms with E-state index in [0.29, 0.717) is 5.75 Å². The Labute approximate surface area is 158 Å². The molecule has 0 bridgehead atoms. The highest BCUT2D eigenvalue weighted by molar-refractivity contribution is 8.01. The Kier molecular flexibility index (Phi) is 5.55. The minimum Gasteiger partial charge on any atom is -0.507 e. The molecule has 1 aromatic heterocycles. The van der Waals surface area contributed by atoms with Crippen molar-refractivity contribution in [1.29, 1.82) is 0 Å². The molecule has 0 amide bonds. The smallest absolute Gasteiger partial charge is 0.136 e. The van der Waals surface area contributed by atoms with Crippen LogP contribution in [0.25, 0.3) is 0 Å². The Morgan fingerprint density at radius 1 is 1.00 bits per heavy atom. The van der Waals surface area contributed by atoms with E-state index in [2.05, 4.69) is 72.8 Å². The van der Waals surface area contributed by atoms with Gasteiger partial charge in [0.2, 0.25) is 0 Å². The number of hydrogen-bond donors (Lipinski definition) is 1. The van der Waals surface area contributed by atoms with Crippen molar-refractivity contribution >= 4 is 25.2 Å². The Balaban J connectivity index is 2.38. The Hall–Kier alpha value is -1.13. The number of phenolic OH excluding ortho intramolecular Hbond substituents is 1. The zero-order valence-electron chi connectivity index (χ0n) is 16.9. The van der Waals surface area contributed by atoms with Crippen LogP contribution in [0.5, 0.6) is 5.75 Å². The fourth-order valence-electron chi connectivity index (χ4n) is 2.83. The van der Waals surface area contributed by atoms with E-state index in [0.717, 1.165) is 21.9 Å². The van der Waals surface area contributed by atoms with Gasteiger partial charge < -0.3 is 9.52 Å². The second kappa shape index (κ2) is 6.88. The van der Waals surface area contributed by atoms with E-state index >= 15 is 0 Å². The molecular formula is C21H32O2SSi. The molecular weight excluding hydrogens is 344 g/mol. The molecule has 0 saturated heterocycles. The molecule has 0 spiro atoms. The van der Waals surface area contributed by atoms with Gasteiger partial charge in [0, 0.05) is 21.4 Å². The van der Waals surface area contributed by atoms with Crippen LogP contribution >= 0.6 is 11.8 Å². The summed E-state index contributed by atoms with van der Waals surface area (Å²) in [6.45, 7) is 17.6. The third-order valence-corrected chi connectivity index (χ3v) is 10.1. The predicted octanol–water partition coefficient (Wildman–Crippen LogP) is 5.83. The Bertz CT molecular complexity index is 684. The standard InChI is InChI=1S/C21H32O2SSi/c1-20(2,3)16-12-15(13-17(19(16)22)21(4,5)6)24-14-25(7,8)18-10-9-11-23-18/h9-13,22H,14H2,1-8H3. The molecule has 4 heteroatoms. The molecule has 1 heterocycles. The van der Waals surface area contributed by atoms with Crippen molar-refractivity contribution in [2.75, 3.05) is 5.38 Å². The minimum atomic E-state index is -1.62. The van der Waals surface area contributed by atoms with Gasteiger partial charge in [-0.25, -0.2) is 0 Å². The molecule has 0 saturated carbocycles. The third kappa shape index (κ3) is 4.73. The van der Waals surface area contributed by atoms with Gasteiger partial charge in [-0.1, -0.05) is 54.6 Å². The van der Waals surface area contributed by atoms with Gasteiger partial charge in [0.15, 0.2) is 0 Å². The highest BCUT2D eigenvalue weighted by Crippen LogP contribution is 2.42.